The molecule has 0 fully saturated rings. The lowest BCUT2D eigenvalue weighted by molar-refractivity contribution is 0.0691. The van der Waals surface area contributed by atoms with E-state index in [2.05, 4.69) is 13.8 Å². The van der Waals surface area contributed by atoms with E-state index in [1.54, 1.807) is 0 Å². The van der Waals surface area contributed by atoms with E-state index in [-0.39, 0.29) is 30.2 Å². The van der Waals surface area contributed by atoms with Crippen molar-refractivity contribution in [3.63, 3.8) is 0 Å². The Morgan fingerprint density at radius 2 is 1.79 bits per heavy atom. The smallest absolute Gasteiger partial charge is 0.290 e. The number of carbonyl (C=O) groups excluding carboxylic acids is 1. The van der Waals surface area contributed by atoms with Crippen molar-refractivity contribution in [2.45, 2.75) is 39.7 Å². The number of benzene rings is 2. The van der Waals surface area contributed by atoms with Crippen LogP contribution in [0.4, 0.5) is 0 Å². The van der Waals surface area contributed by atoms with Crippen molar-refractivity contribution >= 4 is 16.9 Å². The summed E-state index contributed by atoms with van der Waals surface area (Å²) in [7, 11) is 0. The number of carbonyl (C=O) groups is 1. The lowest BCUT2D eigenvalue weighted by atomic mass is 9.95. The minimum absolute atomic E-state index is 0.0841. The Morgan fingerprint density at radius 3 is 2.41 bits per heavy atom. The van der Waals surface area contributed by atoms with Crippen LogP contribution in [0.5, 0.6) is 0 Å². The summed E-state index contributed by atoms with van der Waals surface area (Å²) in [6, 6.07) is 11.1. The third-order valence-electron chi connectivity index (χ3n) is 5.66. The first-order valence-corrected chi connectivity index (χ1v) is 9.93. The first kappa shape index (κ1) is 19.4. The zero-order valence-corrected chi connectivity index (χ0v) is 17.2. The van der Waals surface area contributed by atoms with Gasteiger partial charge in [-0.05, 0) is 48.1 Å². The lowest BCUT2D eigenvalue weighted by Gasteiger charge is -2.24. The highest BCUT2D eigenvalue weighted by Crippen LogP contribution is 2.38. The van der Waals surface area contributed by atoms with E-state index < -0.39 is 6.04 Å². The molecular weight excluding hydrogens is 366 g/mol. The van der Waals surface area contributed by atoms with Gasteiger partial charge in [-0.3, -0.25) is 9.59 Å². The summed E-state index contributed by atoms with van der Waals surface area (Å²) in [5.74, 6) is 0.113. The second-order valence-corrected chi connectivity index (χ2v) is 8.08. The van der Waals surface area contributed by atoms with Crippen LogP contribution >= 0.6 is 0 Å². The van der Waals surface area contributed by atoms with Gasteiger partial charge >= 0.3 is 0 Å². The van der Waals surface area contributed by atoms with E-state index >= 15 is 0 Å². The Labute approximate surface area is 169 Å². The molecule has 5 heteroatoms. The zero-order chi connectivity index (χ0) is 20.9. The first-order chi connectivity index (χ1) is 13.8. The molecule has 3 aromatic rings. The van der Waals surface area contributed by atoms with Gasteiger partial charge in [-0.25, -0.2) is 0 Å². The molecule has 1 aliphatic rings. The molecule has 1 aliphatic heterocycles. The average Bonchev–Trinajstić information content (AvgIpc) is 2.96. The fraction of sp³-hybridized carbons (Fsp3) is 0.333. The summed E-state index contributed by atoms with van der Waals surface area (Å²) in [5, 5.41) is 10.0. The minimum atomic E-state index is -0.563. The largest absolute Gasteiger partial charge is 0.450 e. The molecule has 2 aromatic carbocycles. The van der Waals surface area contributed by atoms with Gasteiger partial charge in [0, 0.05) is 6.54 Å². The van der Waals surface area contributed by atoms with Gasteiger partial charge in [0.15, 0.2) is 5.43 Å². The molecule has 1 aromatic heterocycles. The van der Waals surface area contributed by atoms with Crippen LogP contribution in [0.3, 0.4) is 0 Å². The fourth-order valence-electron chi connectivity index (χ4n) is 4.22. The van der Waals surface area contributed by atoms with E-state index in [1.165, 1.54) is 10.5 Å². The normalized spacial score (nSPS) is 16.1. The van der Waals surface area contributed by atoms with E-state index in [0.717, 1.165) is 16.7 Å². The van der Waals surface area contributed by atoms with Gasteiger partial charge in [0.1, 0.15) is 5.58 Å². The predicted octanol–water partition coefficient (Wildman–Crippen LogP) is 4.07. The molecule has 0 radical (unpaired) electrons. The highest BCUT2D eigenvalue weighted by molar-refractivity contribution is 5.99. The molecule has 0 aliphatic carbocycles. The fourth-order valence-corrected chi connectivity index (χ4v) is 4.22. The molecule has 0 saturated carbocycles. The van der Waals surface area contributed by atoms with Crippen molar-refractivity contribution in [1.29, 1.82) is 0 Å². The minimum Gasteiger partial charge on any atom is -0.450 e. The molecule has 150 valence electrons. The highest BCUT2D eigenvalue weighted by atomic mass is 16.3. The number of fused-ring (bicyclic) bond motifs is 2. The van der Waals surface area contributed by atoms with Crippen LogP contribution in [0, 0.1) is 13.8 Å². The number of amides is 1. The molecule has 1 N–H and O–H groups in total. The third kappa shape index (κ3) is 3.06. The van der Waals surface area contributed by atoms with Gasteiger partial charge < -0.3 is 14.4 Å². The van der Waals surface area contributed by atoms with Gasteiger partial charge in [0.2, 0.25) is 5.76 Å². The Kier molecular flexibility index (Phi) is 4.79. The summed E-state index contributed by atoms with van der Waals surface area (Å²) in [6.07, 6.45) is 0. The zero-order valence-electron chi connectivity index (χ0n) is 17.2. The summed E-state index contributed by atoms with van der Waals surface area (Å²) in [4.78, 5) is 28.1. The Bertz CT molecular complexity index is 1160. The number of aliphatic hydroxyl groups excluding tert-OH is 1. The number of aryl methyl sites for hydroxylation is 2. The van der Waals surface area contributed by atoms with Crippen LogP contribution in [-0.2, 0) is 0 Å². The number of rotatable bonds is 4. The number of hydrogen-bond acceptors (Lipinski definition) is 4. The maximum atomic E-state index is 13.5. The van der Waals surface area contributed by atoms with Crippen molar-refractivity contribution in [3.05, 3.63) is 80.2 Å². The first-order valence-electron chi connectivity index (χ1n) is 9.93. The summed E-state index contributed by atoms with van der Waals surface area (Å²) < 4.78 is 6.00. The van der Waals surface area contributed by atoms with Crippen LogP contribution in [0.2, 0.25) is 0 Å². The van der Waals surface area contributed by atoms with Crippen LogP contribution in [0.1, 0.15) is 64.2 Å². The quantitative estimate of drug-likeness (QED) is 0.728. The van der Waals surface area contributed by atoms with E-state index in [0.29, 0.717) is 22.5 Å². The van der Waals surface area contributed by atoms with E-state index in [4.69, 9.17) is 4.42 Å². The molecule has 5 nitrogen and oxygen atoms in total. The molecule has 0 spiro atoms. The number of nitrogens with zero attached hydrogens (tertiary/aromatic N) is 1. The topological polar surface area (TPSA) is 70.8 Å². The SMILES string of the molecule is Cc1cc(C)c2oc3c(c(=O)c2c1)[C@@H](c1ccc(C(C)C)cc1)N(CCO)C3=O. The second-order valence-electron chi connectivity index (χ2n) is 8.08. The maximum Gasteiger partial charge on any atom is 0.290 e. The van der Waals surface area contributed by atoms with Crippen molar-refractivity contribution in [2.24, 2.45) is 0 Å². The Balaban J connectivity index is 1.98. The number of β-amino-alcohol motifs (C(OH)–C–C–N with tert-alkyl or cyclic N) is 1. The van der Waals surface area contributed by atoms with E-state index in [1.807, 2.05) is 50.2 Å². The molecule has 0 unspecified atom stereocenters. The van der Waals surface area contributed by atoms with Crippen molar-refractivity contribution in [3.8, 4) is 0 Å². The summed E-state index contributed by atoms with van der Waals surface area (Å²) in [5.41, 5.74) is 4.45. The van der Waals surface area contributed by atoms with Crippen LogP contribution < -0.4 is 5.43 Å². The monoisotopic (exact) mass is 391 g/mol. The van der Waals surface area contributed by atoms with Crippen LogP contribution in [0.25, 0.3) is 11.0 Å². The standard InChI is InChI=1S/C24H25NO4/c1-13(2)16-5-7-17(8-6-16)20-19-21(27)18-12-14(3)11-15(4)22(18)29-23(19)24(28)25(20)9-10-26/h5-8,11-13,20,26H,9-10H2,1-4H3/t20-/m1/s1. The van der Waals surface area contributed by atoms with E-state index in [9.17, 15) is 14.7 Å². The predicted molar refractivity (Wildman–Crippen MR) is 112 cm³/mol. The maximum absolute atomic E-state index is 13.5. The van der Waals surface area contributed by atoms with Gasteiger partial charge in [-0.2, -0.15) is 0 Å². The highest BCUT2D eigenvalue weighted by Gasteiger charge is 2.42. The van der Waals surface area contributed by atoms with Gasteiger partial charge in [0.25, 0.3) is 5.91 Å². The van der Waals surface area contributed by atoms with Crippen LogP contribution in [0.15, 0.2) is 45.6 Å². The summed E-state index contributed by atoms with van der Waals surface area (Å²) in [6.45, 7) is 7.99. The molecule has 0 saturated heterocycles. The van der Waals surface area contributed by atoms with Crippen molar-refractivity contribution in [1.82, 2.24) is 4.90 Å². The van der Waals surface area contributed by atoms with Gasteiger partial charge in [-0.15, -0.1) is 0 Å². The number of hydrogen-bond donors (Lipinski definition) is 1. The second kappa shape index (κ2) is 7.16. The molecule has 0 bridgehead atoms. The van der Waals surface area contributed by atoms with Gasteiger partial charge in [-0.1, -0.05) is 44.2 Å². The van der Waals surface area contributed by atoms with Crippen molar-refractivity contribution < 1.29 is 14.3 Å². The molecule has 1 atom stereocenters. The number of aliphatic hydroxyl groups is 1. The van der Waals surface area contributed by atoms with Gasteiger partial charge in [0.05, 0.1) is 23.6 Å². The summed E-state index contributed by atoms with van der Waals surface area (Å²) >= 11 is 0. The molecule has 2 heterocycles. The average molecular weight is 391 g/mol. The van der Waals surface area contributed by atoms with Crippen LogP contribution in [-0.4, -0.2) is 29.1 Å². The molecule has 4 rings (SSSR count). The molecular formula is C24H25NO4. The third-order valence-corrected chi connectivity index (χ3v) is 5.66. The Morgan fingerprint density at radius 1 is 1.10 bits per heavy atom. The molecule has 29 heavy (non-hydrogen) atoms. The van der Waals surface area contributed by atoms with Crippen molar-refractivity contribution in [2.75, 3.05) is 13.2 Å². The lowest BCUT2D eigenvalue weighted by Crippen LogP contribution is -2.32. The molecule has 1 amide bonds. The Hall–Kier alpha value is -2.92.